The van der Waals surface area contributed by atoms with Gasteiger partial charge >= 0.3 is 5.97 Å². The molecule has 0 aromatic rings. The largest absolute Gasteiger partial charge is 0.480 e. The van der Waals surface area contributed by atoms with Gasteiger partial charge in [0.05, 0.1) is 6.54 Å². The van der Waals surface area contributed by atoms with Crippen LogP contribution in [-0.4, -0.2) is 72.1 Å². The number of hydrogen-bond donors (Lipinski definition) is 2. The van der Waals surface area contributed by atoms with Crippen molar-refractivity contribution in [1.82, 2.24) is 15.1 Å². The fraction of sp³-hybridized carbons (Fsp3) is 0.857. The second-order valence-electron chi connectivity index (χ2n) is 6.45. The molecule has 0 aromatic carbocycles. The second-order valence-corrected chi connectivity index (χ2v) is 6.45. The van der Waals surface area contributed by atoms with Gasteiger partial charge in [0.25, 0.3) is 0 Å². The van der Waals surface area contributed by atoms with Gasteiger partial charge in [-0.3, -0.25) is 9.69 Å². The number of carbonyl (C=O) groups excluding carboxylic acids is 1. The Labute approximate surface area is 120 Å². The van der Waals surface area contributed by atoms with Gasteiger partial charge in [0.2, 0.25) is 5.91 Å². The normalized spacial score (nSPS) is 27.3. The zero-order valence-electron chi connectivity index (χ0n) is 12.4. The Morgan fingerprint density at radius 1 is 1.25 bits per heavy atom. The molecule has 114 valence electrons. The standard InChI is InChI=1S/C14H25N3O3/c1-14(2)4-3-7-17(12(14)13(19)20)11(18)10-16-8-5-15-6-9-16/h12,15H,3-10H2,1-2H3,(H,19,20). The Morgan fingerprint density at radius 2 is 1.90 bits per heavy atom. The van der Waals surface area contributed by atoms with E-state index in [0.29, 0.717) is 13.1 Å². The van der Waals surface area contributed by atoms with Crippen molar-refractivity contribution >= 4 is 11.9 Å². The lowest BCUT2D eigenvalue weighted by Crippen LogP contribution is -2.58. The van der Waals surface area contributed by atoms with Crippen LogP contribution in [-0.2, 0) is 9.59 Å². The first-order valence-corrected chi connectivity index (χ1v) is 7.37. The third kappa shape index (κ3) is 3.30. The van der Waals surface area contributed by atoms with Gasteiger partial charge < -0.3 is 15.3 Å². The minimum absolute atomic E-state index is 0.0490. The van der Waals surface area contributed by atoms with E-state index in [4.69, 9.17) is 0 Å². The second kappa shape index (κ2) is 6.10. The molecule has 6 heteroatoms. The molecule has 2 fully saturated rings. The first kappa shape index (κ1) is 15.3. The number of carboxylic acids is 1. The van der Waals surface area contributed by atoms with E-state index in [1.165, 1.54) is 0 Å². The van der Waals surface area contributed by atoms with Gasteiger partial charge in [0.1, 0.15) is 6.04 Å². The summed E-state index contributed by atoms with van der Waals surface area (Å²) in [5.74, 6) is -0.935. The van der Waals surface area contributed by atoms with E-state index in [1.807, 2.05) is 13.8 Å². The van der Waals surface area contributed by atoms with Crippen LogP contribution >= 0.6 is 0 Å². The molecule has 1 atom stereocenters. The van der Waals surface area contributed by atoms with Gasteiger partial charge in [0, 0.05) is 32.7 Å². The molecule has 2 saturated heterocycles. The number of carbonyl (C=O) groups is 2. The van der Waals surface area contributed by atoms with E-state index < -0.39 is 12.0 Å². The maximum absolute atomic E-state index is 12.5. The molecule has 0 saturated carbocycles. The lowest BCUT2D eigenvalue weighted by atomic mass is 9.76. The van der Waals surface area contributed by atoms with Gasteiger partial charge in [0.15, 0.2) is 0 Å². The Kier molecular flexibility index (Phi) is 4.65. The number of rotatable bonds is 3. The lowest BCUT2D eigenvalue weighted by molar-refractivity contribution is -0.159. The zero-order valence-corrected chi connectivity index (χ0v) is 12.4. The first-order valence-electron chi connectivity index (χ1n) is 7.37. The van der Waals surface area contributed by atoms with Crippen LogP contribution < -0.4 is 5.32 Å². The van der Waals surface area contributed by atoms with Crippen LogP contribution in [0.5, 0.6) is 0 Å². The zero-order chi connectivity index (χ0) is 14.8. The van der Waals surface area contributed by atoms with Crippen molar-refractivity contribution in [2.45, 2.75) is 32.7 Å². The molecule has 0 radical (unpaired) electrons. The highest BCUT2D eigenvalue weighted by molar-refractivity contribution is 5.85. The van der Waals surface area contributed by atoms with E-state index in [-0.39, 0.29) is 11.3 Å². The van der Waals surface area contributed by atoms with Crippen LogP contribution in [0.25, 0.3) is 0 Å². The van der Waals surface area contributed by atoms with Gasteiger partial charge in [-0.2, -0.15) is 0 Å². The predicted octanol–water partition coefficient (Wildman–Crippen LogP) is -0.00660. The van der Waals surface area contributed by atoms with Crippen molar-refractivity contribution in [2.24, 2.45) is 5.41 Å². The van der Waals surface area contributed by atoms with E-state index >= 15 is 0 Å². The van der Waals surface area contributed by atoms with E-state index in [0.717, 1.165) is 39.0 Å². The van der Waals surface area contributed by atoms with Crippen LogP contribution in [0.3, 0.4) is 0 Å². The topological polar surface area (TPSA) is 72.9 Å². The number of nitrogens with one attached hydrogen (secondary N) is 1. The molecule has 2 rings (SSSR count). The maximum atomic E-state index is 12.5. The molecule has 0 aliphatic carbocycles. The Hall–Kier alpha value is -1.14. The van der Waals surface area contributed by atoms with Crippen LogP contribution in [0.15, 0.2) is 0 Å². The molecular formula is C14H25N3O3. The van der Waals surface area contributed by atoms with E-state index in [1.54, 1.807) is 4.90 Å². The molecule has 0 bridgehead atoms. The van der Waals surface area contributed by atoms with Crippen molar-refractivity contribution < 1.29 is 14.7 Å². The molecule has 0 aromatic heterocycles. The smallest absolute Gasteiger partial charge is 0.326 e. The SMILES string of the molecule is CC1(C)CCCN(C(=O)CN2CCNCC2)C1C(=O)O. The molecule has 2 aliphatic rings. The quantitative estimate of drug-likeness (QED) is 0.762. The first-order chi connectivity index (χ1) is 9.42. The molecule has 2 N–H and O–H groups in total. The molecule has 6 nitrogen and oxygen atoms in total. The lowest BCUT2D eigenvalue weighted by Gasteiger charge is -2.44. The van der Waals surface area contributed by atoms with Crippen molar-refractivity contribution in [2.75, 3.05) is 39.3 Å². The summed E-state index contributed by atoms with van der Waals surface area (Å²) in [6, 6.07) is -0.702. The summed E-state index contributed by atoms with van der Waals surface area (Å²) >= 11 is 0. The monoisotopic (exact) mass is 283 g/mol. The summed E-state index contributed by atoms with van der Waals surface area (Å²) < 4.78 is 0. The molecular weight excluding hydrogens is 258 g/mol. The third-order valence-electron chi connectivity index (χ3n) is 4.39. The number of hydrogen-bond acceptors (Lipinski definition) is 4. The van der Waals surface area contributed by atoms with Crippen molar-refractivity contribution in [3.05, 3.63) is 0 Å². The van der Waals surface area contributed by atoms with Crippen molar-refractivity contribution in [1.29, 1.82) is 0 Å². The summed E-state index contributed by atoms with van der Waals surface area (Å²) in [5, 5.41) is 12.7. The third-order valence-corrected chi connectivity index (χ3v) is 4.39. The van der Waals surface area contributed by atoms with Gasteiger partial charge in [-0.05, 0) is 18.3 Å². The van der Waals surface area contributed by atoms with Crippen molar-refractivity contribution in [3.63, 3.8) is 0 Å². The number of amides is 1. The number of piperazine rings is 1. The summed E-state index contributed by atoms with van der Waals surface area (Å²) in [6.45, 7) is 8.25. The molecule has 0 spiro atoms. The number of aliphatic carboxylic acids is 1. The summed E-state index contributed by atoms with van der Waals surface area (Å²) in [6.07, 6.45) is 1.73. The Balaban J connectivity index is 2.04. The highest BCUT2D eigenvalue weighted by atomic mass is 16.4. The molecule has 20 heavy (non-hydrogen) atoms. The molecule has 1 unspecified atom stereocenters. The van der Waals surface area contributed by atoms with E-state index in [9.17, 15) is 14.7 Å². The van der Waals surface area contributed by atoms with Crippen LogP contribution in [0, 0.1) is 5.41 Å². The Bertz CT molecular complexity index is 378. The van der Waals surface area contributed by atoms with Crippen LogP contribution in [0.4, 0.5) is 0 Å². The molecule has 2 aliphatic heterocycles. The average molecular weight is 283 g/mol. The number of likely N-dealkylation sites (tertiary alicyclic amines) is 1. The highest BCUT2D eigenvalue weighted by Crippen LogP contribution is 2.35. The van der Waals surface area contributed by atoms with Gasteiger partial charge in [-0.25, -0.2) is 4.79 Å². The minimum Gasteiger partial charge on any atom is -0.480 e. The highest BCUT2D eigenvalue weighted by Gasteiger charge is 2.44. The van der Waals surface area contributed by atoms with Gasteiger partial charge in [-0.1, -0.05) is 13.8 Å². The fourth-order valence-corrected chi connectivity index (χ4v) is 3.28. The van der Waals surface area contributed by atoms with Gasteiger partial charge in [-0.15, -0.1) is 0 Å². The summed E-state index contributed by atoms with van der Waals surface area (Å²) in [4.78, 5) is 27.7. The number of piperidine rings is 1. The summed E-state index contributed by atoms with van der Waals surface area (Å²) in [7, 11) is 0. The molecule has 1 amide bonds. The summed E-state index contributed by atoms with van der Waals surface area (Å²) in [5.41, 5.74) is -0.358. The number of carboxylic acid groups (broad SMARTS) is 1. The van der Waals surface area contributed by atoms with Crippen molar-refractivity contribution in [3.8, 4) is 0 Å². The van der Waals surface area contributed by atoms with Crippen LogP contribution in [0.1, 0.15) is 26.7 Å². The molecule has 2 heterocycles. The minimum atomic E-state index is -0.886. The predicted molar refractivity (Wildman–Crippen MR) is 75.5 cm³/mol. The average Bonchev–Trinajstić information content (AvgIpc) is 2.37. The Morgan fingerprint density at radius 3 is 2.50 bits per heavy atom. The fourth-order valence-electron chi connectivity index (χ4n) is 3.28. The van der Waals surface area contributed by atoms with Crippen LogP contribution in [0.2, 0.25) is 0 Å². The van der Waals surface area contributed by atoms with E-state index in [2.05, 4.69) is 10.2 Å². The number of nitrogens with zero attached hydrogens (tertiary/aromatic N) is 2. The maximum Gasteiger partial charge on any atom is 0.326 e.